The number of fused-ring (bicyclic) bond motifs is 16. The molecule has 0 spiro atoms. The number of hydrogen-bond acceptors (Lipinski definition) is 34. The topological polar surface area (TPSA) is 673 Å². The quantitative estimate of drug-likeness (QED) is 0.0128. The van der Waals surface area contributed by atoms with Crippen molar-refractivity contribution in [3.8, 4) is 57.1 Å². The Kier molecular flexibility index (Phi) is 30.5. The fraction of sp³-hybridized carbons (Fsp3) is 0.402. The number of aliphatic hydroxyl groups is 6. The normalized spacial score (nSPS) is 27.1. The molecule has 0 aliphatic carbocycles. The number of likely N-dealkylation sites (N-methyl/N-ethyl adjacent to an activating group) is 1. The Morgan fingerprint density at radius 1 is 0.757 bits per heavy atom. The molecule has 9 aliphatic rings. The van der Waals surface area contributed by atoms with Gasteiger partial charge >= 0.3 is 5.97 Å². The lowest BCUT2D eigenvalue weighted by molar-refractivity contribution is -0.689. The van der Waals surface area contributed by atoms with Crippen LogP contribution in [-0.4, -0.2) is 255 Å². The van der Waals surface area contributed by atoms with E-state index in [4.69, 9.17) is 85.3 Å². The van der Waals surface area contributed by atoms with Crippen molar-refractivity contribution in [2.75, 3.05) is 38.3 Å². The van der Waals surface area contributed by atoms with E-state index in [1.165, 1.54) is 44.8 Å². The molecule has 724 valence electrons. The Morgan fingerprint density at radius 2 is 1.41 bits per heavy atom. The highest BCUT2D eigenvalue weighted by Crippen LogP contribution is 2.51. The van der Waals surface area contributed by atoms with Crippen molar-refractivity contribution in [2.24, 2.45) is 22.5 Å². The third-order valence-electron chi connectivity index (χ3n) is 23.4. The van der Waals surface area contributed by atoms with E-state index >= 15 is 28.8 Å². The maximum Gasteiger partial charge on any atom is 0.352 e. The van der Waals surface area contributed by atoms with E-state index in [1.807, 2.05) is 0 Å². The molecule has 3 saturated heterocycles. The Morgan fingerprint density at radius 3 is 2.04 bits per heavy atom. The smallest absolute Gasteiger partial charge is 0.352 e. The molecule has 9 aliphatic heterocycles. The maximum absolute atomic E-state index is 16.4. The predicted molar refractivity (Wildman–Crippen MR) is 480 cm³/mol. The summed E-state index contributed by atoms with van der Waals surface area (Å²) in [6.45, 7) is 4.85. The molecule has 1 unspecified atom stereocenters. The summed E-state index contributed by atoms with van der Waals surface area (Å²) in [5, 5.41) is 142. The molecular formula is C87H96Cl3N16O28S2+. The largest absolute Gasteiger partial charge is 0.508 e. The SMILES string of the molecule is CN[C@H](CC(C)C)C(=O)NC1C(=O)N[C@@H](CC(N)=O)C(=O)N[C@H]2C(=O)N[C@H]3C(=O)N[C@H](C(=O)N[C@H](C(=O)NCCCON=C(C(=O)N[C@@H]4C(=O)N5C(C(=O)O)=C(C[n+]6ccccc6)CS[C@H]45)c4nc(N)sc4Cl)c4cc(O)cc(O)c4-c4cc3ccc4O)[C@H](O)c3ccc(c(Cl)c3)Oc3cc2cc(c3O[C@@H]2O[C@H](CO)[C@@H](O)[C@H](O)[C@H]2O[C@H]2C[C@](C)(N)[C@H](O)[C@H](C)O2)Oc2ccc(cc2Cl)[C@H]1O. The summed E-state index contributed by atoms with van der Waals surface area (Å²) in [5.41, 5.74) is 13.3. The van der Waals surface area contributed by atoms with Crippen molar-refractivity contribution >= 4 is 134 Å². The highest BCUT2D eigenvalue weighted by Gasteiger charge is 2.56. The Balaban J connectivity index is 0.849. The molecule has 5 aromatic carbocycles. The number of nitrogens with zero attached hydrogens (tertiary/aromatic N) is 4. The van der Waals surface area contributed by atoms with Crippen LogP contribution in [0.2, 0.25) is 14.4 Å². The van der Waals surface area contributed by atoms with Gasteiger partial charge in [0.05, 0.1) is 41.3 Å². The second-order valence-corrected chi connectivity index (χ2v) is 37.2. The first-order valence-corrected chi connectivity index (χ1v) is 45.4. The zero-order valence-corrected chi connectivity index (χ0v) is 76.5. The van der Waals surface area contributed by atoms with Crippen molar-refractivity contribution in [1.82, 2.24) is 57.7 Å². The number of anilines is 1. The molecule has 7 aromatic rings. The van der Waals surface area contributed by atoms with Gasteiger partial charge in [0, 0.05) is 65.6 Å². The van der Waals surface area contributed by atoms with Gasteiger partial charge in [0.15, 0.2) is 53.7 Å². The van der Waals surface area contributed by atoms with Crippen LogP contribution < -0.4 is 83.8 Å². The number of aliphatic hydroxyl groups excluding tert-OH is 6. The number of phenolic OH excluding ortho intramolecular Hbond substituents is 3. The van der Waals surface area contributed by atoms with Gasteiger partial charge in [-0.15, -0.1) is 11.8 Å². The standard InChI is InChI=1S/C87H95Cl3N16O28S2/c1-33(2)20-45(94-5)74(117)100-62-66(112)36-11-14-49(43(88)22-36)130-51-24-38-25-52(70(51)134-85-71(69(115)68(114)53(31-107)132-85)133-55-29-87(4,93)72(116)34(3)129-55)131-50-15-12-37(23-44(50)89)67(113)63-81(124)99-59(42-26-40(108)27-48(110)56(42)41-21-35(10-13-47(41)109)57(77(120)101-63)98-78(121)58(38)97-75(118)46(28-54(91)111)96-80(62)123)76(119)95-16-9-19-128-104-61(60-73(90)136-86(92)103-60)79(122)102-64-82(125)106-65(84(126)127)39(32-135-83(64)106)30-105-17-7-6-8-18-105/h6-8,10-15,17-18,21-27,33-34,45-46,53,55,57-59,62-64,66-69,71-72,83,85,94,107,112-116H,9,16,19-20,28-32,93H2,1-5H3,(H15-,91,92,95,96,97,98,99,100,101,102,103,104,108,109,110,111,117,118,119,120,121,122,123,124,126,127)/p+1/t34-,45+,46-,53+,55-,57+,58+,59-,62?,63-,64+,66+,67+,68+,69-,71+,72+,83+,85-,87-/m0/s1. The molecule has 3 fully saturated rings. The van der Waals surface area contributed by atoms with Gasteiger partial charge in [-0.3, -0.25) is 52.8 Å². The summed E-state index contributed by atoms with van der Waals surface area (Å²) in [5.74, 6) is -18.9. The first-order chi connectivity index (χ1) is 64.6. The number of β-lactam (4-membered cyclic amide) rings is 1. The van der Waals surface area contributed by atoms with Gasteiger partial charge < -0.3 is 149 Å². The highest BCUT2D eigenvalue weighted by atomic mass is 35.5. The van der Waals surface area contributed by atoms with Crippen LogP contribution in [0.5, 0.6) is 46.0 Å². The fourth-order valence-electron chi connectivity index (χ4n) is 16.5. The number of ether oxygens (including phenoxy) is 6. The predicted octanol–water partition coefficient (Wildman–Crippen LogP) is 0.367. The summed E-state index contributed by atoms with van der Waals surface area (Å²) < 4.78 is 40.3. The zero-order valence-electron chi connectivity index (χ0n) is 72.6. The van der Waals surface area contributed by atoms with Crippen molar-refractivity contribution in [3.63, 3.8) is 0 Å². The molecule has 0 radical (unpaired) electrons. The van der Waals surface area contributed by atoms with E-state index in [-0.39, 0.29) is 75.2 Å². The molecule has 16 rings (SSSR count). The lowest BCUT2D eigenvalue weighted by Gasteiger charge is -2.49. The number of carboxylic acids is 1. The molecule has 11 bridgehead atoms. The number of pyridine rings is 1. The number of halogens is 3. The number of nitrogens with two attached hydrogens (primary N) is 3. The van der Waals surface area contributed by atoms with E-state index in [0.29, 0.717) is 5.57 Å². The van der Waals surface area contributed by atoms with Crippen LogP contribution in [0.1, 0.15) is 117 Å². The van der Waals surface area contributed by atoms with Gasteiger partial charge in [-0.05, 0) is 116 Å². The zero-order chi connectivity index (χ0) is 98.1. The van der Waals surface area contributed by atoms with Crippen molar-refractivity contribution in [1.29, 1.82) is 0 Å². The minimum atomic E-state index is -2.41. The number of hydrogen-bond donors (Lipinski definition) is 22. The number of oxime groups is 1. The van der Waals surface area contributed by atoms with Crippen LogP contribution in [0.15, 0.2) is 126 Å². The Bertz CT molecular complexity index is 5920. The summed E-state index contributed by atoms with van der Waals surface area (Å²) >= 11 is 22.8. The van der Waals surface area contributed by atoms with E-state index in [0.717, 1.165) is 83.0 Å². The number of nitrogen functional groups attached to an aromatic ring is 1. The van der Waals surface area contributed by atoms with Crippen LogP contribution in [-0.2, 0) is 78.3 Å². The molecular weight excluding hydrogens is 1890 g/mol. The first-order valence-electron chi connectivity index (χ1n) is 42.4. The number of benzene rings is 5. The third kappa shape index (κ3) is 21.4. The second kappa shape index (κ2) is 41.7. The first kappa shape index (κ1) is 99.6. The highest BCUT2D eigenvalue weighted by molar-refractivity contribution is 8.00. The van der Waals surface area contributed by atoms with Gasteiger partial charge in [-0.1, -0.05) is 89.4 Å². The van der Waals surface area contributed by atoms with Crippen molar-refractivity contribution < 1.29 is 142 Å². The minimum Gasteiger partial charge on any atom is -0.508 e. The maximum atomic E-state index is 16.4. The lowest BCUT2D eigenvalue weighted by Crippen LogP contribution is -2.71. The number of carbonyl (C=O) groups excluding carboxylic acids is 10. The molecule has 2 aromatic heterocycles. The van der Waals surface area contributed by atoms with Crippen LogP contribution in [0.25, 0.3) is 11.1 Å². The van der Waals surface area contributed by atoms with E-state index in [2.05, 4.69) is 58.0 Å². The molecule has 10 amide bonds. The van der Waals surface area contributed by atoms with Crippen LogP contribution in [0.3, 0.4) is 0 Å². The number of amides is 10. The number of thioether (sulfide) groups is 1. The molecule has 11 heterocycles. The van der Waals surface area contributed by atoms with E-state index in [1.54, 1.807) is 49.0 Å². The molecule has 136 heavy (non-hydrogen) atoms. The third-order valence-corrected chi connectivity index (χ3v) is 26.4. The van der Waals surface area contributed by atoms with Gasteiger partial charge in [-0.25, -0.2) is 14.3 Å². The number of aromatic nitrogens is 2. The number of carboxylic acid groups (broad SMARTS) is 1. The Labute approximate surface area is 795 Å². The molecule has 49 heteroatoms. The minimum absolute atomic E-state index is 0.110. The van der Waals surface area contributed by atoms with E-state index < -0.39 is 296 Å². The lowest BCUT2D eigenvalue weighted by atomic mass is 9.86. The van der Waals surface area contributed by atoms with Gasteiger partial charge in [-0.2, -0.15) is 0 Å². The van der Waals surface area contributed by atoms with Crippen LogP contribution in [0.4, 0.5) is 5.13 Å². The van der Waals surface area contributed by atoms with Gasteiger partial charge in [0.2, 0.25) is 59.3 Å². The second-order valence-electron chi connectivity index (χ2n) is 33.6. The number of thiazole rings is 1. The molecule has 0 saturated carbocycles. The average molecular weight is 1980 g/mol. The van der Waals surface area contributed by atoms with Gasteiger partial charge in [0.1, 0.15) is 129 Å². The van der Waals surface area contributed by atoms with Crippen LogP contribution >= 0.6 is 57.9 Å². The number of phenols is 3. The monoisotopic (exact) mass is 1980 g/mol. The van der Waals surface area contributed by atoms with Gasteiger partial charge in [0.25, 0.3) is 11.8 Å². The summed E-state index contributed by atoms with van der Waals surface area (Å²) in [4.78, 5) is 173. The van der Waals surface area contributed by atoms with Crippen molar-refractivity contribution in [2.45, 2.75) is 181 Å². The Hall–Kier alpha value is -12.4. The number of aromatic hydroxyl groups is 3. The molecule has 44 nitrogen and oxygen atoms in total. The van der Waals surface area contributed by atoms with Crippen LogP contribution in [0, 0.1) is 5.92 Å². The van der Waals surface area contributed by atoms with Crippen molar-refractivity contribution in [3.05, 3.63) is 169 Å². The summed E-state index contributed by atoms with van der Waals surface area (Å²) in [6.07, 6.45) is -15.9. The molecule has 25 N–H and O–H groups in total. The number of carbonyl (C=O) groups is 11. The number of aliphatic carboxylic acids is 1. The molecule has 20 atom stereocenters. The number of rotatable bonds is 24. The average Bonchev–Trinajstić information content (AvgIpc) is 0.767. The summed E-state index contributed by atoms with van der Waals surface area (Å²) in [7, 11) is 1.46. The number of nitrogens with one attached hydrogen (secondary N) is 9. The fourth-order valence-corrected chi connectivity index (χ4v) is 19.2. The number of primary amides is 1. The van der Waals surface area contributed by atoms with E-state index in [9.17, 15) is 75.0 Å². The summed E-state index contributed by atoms with van der Waals surface area (Å²) in [6, 6.07) is 3.03.